The molecule has 0 aliphatic rings. The highest BCUT2D eigenvalue weighted by atomic mass is 19.4. The maximum absolute atomic E-state index is 13.0. The molecule has 10 heteroatoms. The molecule has 34 heavy (non-hydrogen) atoms. The van der Waals surface area contributed by atoms with Crippen LogP contribution in [0.5, 0.6) is 0 Å². The lowest BCUT2D eigenvalue weighted by Gasteiger charge is -2.10. The van der Waals surface area contributed by atoms with Crippen molar-refractivity contribution >= 4 is 27.8 Å². The Hall–Kier alpha value is -3.37. The highest BCUT2D eigenvalue weighted by Crippen LogP contribution is 2.34. The number of halogens is 3. The molecule has 0 spiro atoms. The van der Waals surface area contributed by atoms with Gasteiger partial charge in [0, 0.05) is 48.4 Å². The molecule has 2 aromatic carbocycles. The molecule has 4 rings (SSSR count). The van der Waals surface area contributed by atoms with Crippen molar-refractivity contribution in [1.82, 2.24) is 19.7 Å². The van der Waals surface area contributed by atoms with Crippen molar-refractivity contribution in [3.63, 3.8) is 0 Å². The Labute approximate surface area is 194 Å². The molecule has 180 valence electrons. The zero-order valence-corrected chi connectivity index (χ0v) is 18.7. The topological polar surface area (TPSA) is 87.1 Å². The van der Waals surface area contributed by atoms with Crippen LogP contribution in [-0.2, 0) is 18.0 Å². The lowest BCUT2D eigenvalue weighted by Crippen LogP contribution is -2.27. The Balaban J connectivity index is 1.59. The molecule has 0 atom stereocenters. The van der Waals surface area contributed by atoms with E-state index in [1.165, 1.54) is 12.1 Å². The summed E-state index contributed by atoms with van der Waals surface area (Å²) in [6.07, 6.45) is -0.788. The Morgan fingerprint density at radius 2 is 1.85 bits per heavy atom. The molecule has 2 aromatic heterocycles. The van der Waals surface area contributed by atoms with Gasteiger partial charge in [-0.25, -0.2) is 0 Å². The van der Waals surface area contributed by atoms with E-state index in [0.29, 0.717) is 43.2 Å². The highest BCUT2D eigenvalue weighted by molar-refractivity contribution is 6.10. The standard InChI is InChI=1S/C24H26F3N5O2/c1-31-15-20-19-14-16(23(33)29-11-13-34-12-3-2-10-28)4-9-21(19)32(22(20)30-31)18-7-5-17(6-8-18)24(25,26)27/h4-9,14-15H,2-3,10-13,28H2,1H3,(H,29,33). The van der Waals surface area contributed by atoms with E-state index in [0.717, 1.165) is 41.3 Å². The zero-order chi connectivity index (χ0) is 24.3. The number of carbonyl (C=O) groups excluding carboxylic acids is 1. The van der Waals surface area contributed by atoms with Gasteiger partial charge in [-0.15, -0.1) is 0 Å². The number of hydrogen-bond donors (Lipinski definition) is 2. The maximum atomic E-state index is 13.0. The first-order valence-electron chi connectivity index (χ1n) is 11.0. The summed E-state index contributed by atoms with van der Waals surface area (Å²) in [5, 5.41) is 8.93. The summed E-state index contributed by atoms with van der Waals surface area (Å²) >= 11 is 0. The van der Waals surface area contributed by atoms with Gasteiger partial charge in [0.2, 0.25) is 0 Å². The second kappa shape index (κ2) is 9.86. The van der Waals surface area contributed by atoms with Crippen LogP contribution in [0.2, 0.25) is 0 Å². The maximum Gasteiger partial charge on any atom is 0.416 e. The van der Waals surface area contributed by atoms with E-state index in [2.05, 4.69) is 10.4 Å². The van der Waals surface area contributed by atoms with E-state index in [1.54, 1.807) is 34.5 Å². The fraction of sp³-hybridized carbons (Fsp3) is 0.333. The third-order valence-corrected chi connectivity index (χ3v) is 5.54. The van der Waals surface area contributed by atoms with Crippen molar-refractivity contribution in [1.29, 1.82) is 0 Å². The number of unbranched alkanes of at least 4 members (excludes halogenated alkanes) is 1. The molecule has 0 saturated heterocycles. The minimum absolute atomic E-state index is 0.230. The van der Waals surface area contributed by atoms with E-state index in [4.69, 9.17) is 10.5 Å². The summed E-state index contributed by atoms with van der Waals surface area (Å²) in [7, 11) is 1.77. The number of hydrogen-bond acceptors (Lipinski definition) is 4. The highest BCUT2D eigenvalue weighted by Gasteiger charge is 2.30. The molecule has 4 aromatic rings. The normalized spacial score (nSPS) is 12.0. The van der Waals surface area contributed by atoms with Crippen LogP contribution in [0.25, 0.3) is 27.6 Å². The average molecular weight is 473 g/mol. The number of alkyl halides is 3. The molecule has 2 heterocycles. The van der Waals surface area contributed by atoms with E-state index in [9.17, 15) is 18.0 Å². The summed E-state index contributed by atoms with van der Waals surface area (Å²) in [4.78, 5) is 12.7. The predicted molar refractivity (Wildman–Crippen MR) is 124 cm³/mol. The number of ether oxygens (including phenoxy) is 1. The molecule has 0 radical (unpaired) electrons. The Morgan fingerprint density at radius 3 is 2.56 bits per heavy atom. The summed E-state index contributed by atoms with van der Waals surface area (Å²) < 4.78 is 47.9. The van der Waals surface area contributed by atoms with Gasteiger partial charge in [0.15, 0.2) is 5.65 Å². The molecule has 0 bridgehead atoms. The van der Waals surface area contributed by atoms with Crippen molar-refractivity contribution < 1.29 is 22.7 Å². The number of nitrogens with one attached hydrogen (secondary N) is 1. The second-order valence-electron chi connectivity index (χ2n) is 8.02. The smallest absolute Gasteiger partial charge is 0.380 e. The number of rotatable bonds is 9. The first-order valence-corrected chi connectivity index (χ1v) is 11.0. The number of fused-ring (bicyclic) bond motifs is 3. The molecular weight excluding hydrogens is 447 g/mol. The van der Waals surface area contributed by atoms with Crippen LogP contribution in [0.15, 0.2) is 48.7 Å². The fourth-order valence-corrected chi connectivity index (χ4v) is 3.88. The molecule has 0 aliphatic carbocycles. The van der Waals surface area contributed by atoms with E-state index in [-0.39, 0.29) is 5.91 Å². The van der Waals surface area contributed by atoms with Gasteiger partial charge in [0.25, 0.3) is 5.91 Å². The van der Waals surface area contributed by atoms with Gasteiger partial charge >= 0.3 is 6.18 Å². The lowest BCUT2D eigenvalue weighted by molar-refractivity contribution is -0.137. The Bertz CT molecular complexity index is 1290. The first-order chi connectivity index (χ1) is 16.3. The predicted octanol–water partition coefficient (Wildman–Crippen LogP) is 4.02. The number of amides is 1. The minimum atomic E-state index is -4.41. The lowest BCUT2D eigenvalue weighted by atomic mass is 10.1. The van der Waals surface area contributed by atoms with E-state index in [1.807, 2.05) is 6.20 Å². The van der Waals surface area contributed by atoms with Gasteiger partial charge in [-0.2, -0.15) is 18.3 Å². The number of aromatic nitrogens is 3. The van der Waals surface area contributed by atoms with E-state index >= 15 is 0 Å². The van der Waals surface area contributed by atoms with Gasteiger partial charge in [0.05, 0.1) is 17.7 Å². The molecule has 3 N–H and O–H groups in total. The second-order valence-corrected chi connectivity index (χ2v) is 8.02. The summed E-state index contributed by atoms with van der Waals surface area (Å²) in [6.45, 7) is 2.03. The van der Waals surface area contributed by atoms with Gasteiger partial charge in [0.1, 0.15) is 0 Å². The van der Waals surface area contributed by atoms with Gasteiger partial charge in [-0.3, -0.25) is 14.0 Å². The van der Waals surface area contributed by atoms with Crippen LogP contribution < -0.4 is 11.1 Å². The van der Waals surface area contributed by atoms with Crippen LogP contribution in [0.3, 0.4) is 0 Å². The fourth-order valence-electron chi connectivity index (χ4n) is 3.88. The number of nitrogens with two attached hydrogens (primary N) is 1. The monoisotopic (exact) mass is 473 g/mol. The van der Waals surface area contributed by atoms with Crippen molar-refractivity contribution in [2.45, 2.75) is 19.0 Å². The molecule has 7 nitrogen and oxygen atoms in total. The quantitative estimate of drug-likeness (QED) is 0.360. The number of aryl methyl sites for hydroxylation is 1. The molecule has 0 saturated carbocycles. The van der Waals surface area contributed by atoms with Crippen molar-refractivity contribution in [2.24, 2.45) is 12.8 Å². The number of benzene rings is 2. The average Bonchev–Trinajstić information content (AvgIpc) is 3.32. The third-order valence-electron chi connectivity index (χ3n) is 5.54. The van der Waals surface area contributed by atoms with Gasteiger partial charge in [-0.1, -0.05) is 0 Å². The Morgan fingerprint density at radius 1 is 1.09 bits per heavy atom. The van der Waals surface area contributed by atoms with Crippen LogP contribution in [0.4, 0.5) is 13.2 Å². The first kappa shape index (κ1) is 23.8. The van der Waals surface area contributed by atoms with Crippen LogP contribution in [0.1, 0.15) is 28.8 Å². The number of nitrogens with zero attached hydrogens (tertiary/aromatic N) is 3. The van der Waals surface area contributed by atoms with Gasteiger partial charge in [-0.05, 0) is 61.9 Å². The van der Waals surface area contributed by atoms with Crippen LogP contribution in [-0.4, -0.2) is 46.6 Å². The number of carbonyl (C=O) groups is 1. The van der Waals surface area contributed by atoms with Crippen molar-refractivity contribution in [2.75, 3.05) is 26.3 Å². The van der Waals surface area contributed by atoms with Crippen molar-refractivity contribution in [3.8, 4) is 5.69 Å². The van der Waals surface area contributed by atoms with Crippen LogP contribution in [0, 0.1) is 0 Å². The molecule has 1 amide bonds. The van der Waals surface area contributed by atoms with Gasteiger partial charge < -0.3 is 15.8 Å². The zero-order valence-electron chi connectivity index (χ0n) is 18.7. The third kappa shape index (κ3) is 4.92. The SMILES string of the molecule is Cn1cc2c3cc(C(=O)NCCOCCCCN)ccc3n(-c3ccc(C(F)(F)F)cc3)c2n1. The Kier molecular flexibility index (Phi) is 6.90. The summed E-state index contributed by atoms with van der Waals surface area (Å²) in [6, 6.07) is 10.2. The summed E-state index contributed by atoms with van der Waals surface area (Å²) in [5.41, 5.74) is 7.10. The molecule has 0 fully saturated rings. The molecule has 0 aliphatic heterocycles. The summed E-state index contributed by atoms with van der Waals surface area (Å²) in [5.74, 6) is -0.230. The van der Waals surface area contributed by atoms with Crippen molar-refractivity contribution in [3.05, 3.63) is 59.8 Å². The largest absolute Gasteiger partial charge is 0.416 e. The van der Waals surface area contributed by atoms with E-state index < -0.39 is 11.7 Å². The minimum Gasteiger partial charge on any atom is -0.380 e. The van der Waals surface area contributed by atoms with Crippen LogP contribution >= 0.6 is 0 Å². The molecule has 0 unspecified atom stereocenters. The molecular formula is C24H26F3N5O2.